The third kappa shape index (κ3) is 6.31. The van der Waals surface area contributed by atoms with E-state index in [1.165, 1.54) is 14.6 Å². The van der Waals surface area contributed by atoms with Gasteiger partial charge in [0.15, 0.2) is 0 Å². The lowest BCUT2D eigenvalue weighted by Gasteiger charge is -2.37. The number of amides is 1. The number of rotatable bonds is 10. The van der Waals surface area contributed by atoms with Crippen molar-refractivity contribution in [3.8, 4) is 0 Å². The number of hydrogen-bond acceptors (Lipinski definition) is 5. The maximum absolute atomic E-state index is 13.7. The number of thiophene rings is 1. The van der Waals surface area contributed by atoms with E-state index in [9.17, 15) is 13.2 Å². The zero-order valence-corrected chi connectivity index (χ0v) is 22.3. The Kier molecular flexibility index (Phi) is 8.74. The molecule has 3 aromatic rings. The fourth-order valence-corrected chi connectivity index (χ4v) is 6.51. The summed E-state index contributed by atoms with van der Waals surface area (Å²) in [4.78, 5) is 16.8. The second-order valence-electron chi connectivity index (χ2n) is 8.89. The summed E-state index contributed by atoms with van der Waals surface area (Å²) in [7, 11) is -2.24. The van der Waals surface area contributed by atoms with E-state index >= 15 is 0 Å². The van der Waals surface area contributed by atoms with Crippen LogP contribution in [0.4, 0.5) is 0 Å². The SMILES string of the molecule is COCCCN(CC(=O)N1CCc2sccc2C1c1ccc(C)cc1)S(=O)(=O)C=Cc1ccccc1. The number of aryl methyl sites for hydroxylation is 1. The Morgan fingerprint density at radius 1 is 1.14 bits per heavy atom. The molecule has 1 aliphatic heterocycles. The smallest absolute Gasteiger partial charge is 0.238 e. The molecule has 1 aromatic heterocycles. The fourth-order valence-electron chi connectivity index (χ4n) is 4.43. The van der Waals surface area contributed by atoms with Gasteiger partial charge in [-0.25, -0.2) is 8.42 Å². The summed E-state index contributed by atoms with van der Waals surface area (Å²) in [5.74, 6) is -0.202. The predicted octanol–water partition coefficient (Wildman–Crippen LogP) is 4.87. The number of nitrogens with zero attached hydrogens (tertiary/aromatic N) is 2. The number of hydrogen-bond donors (Lipinski definition) is 0. The maximum atomic E-state index is 13.7. The van der Waals surface area contributed by atoms with Crippen LogP contribution < -0.4 is 0 Å². The van der Waals surface area contributed by atoms with Crippen molar-refractivity contribution in [1.82, 2.24) is 9.21 Å². The van der Waals surface area contributed by atoms with Crippen molar-refractivity contribution in [3.05, 3.63) is 98.6 Å². The van der Waals surface area contributed by atoms with Crippen molar-refractivity contribution in [2.45, 2.75) is 25.8 Å². The molecular formula is C28H32N2O4S2. The number of benzene rings is 2. The highest BCUT2D eigenvalue weighted by Crippen LogP contribution is 2.38. The van der Waals surface area contributed by atoms with Gasteiger partial charge < -0.3 is 9.64 Å². The van der Waals surface area contributed by atoms with Crippen LogP contribution in [0.2, 0.25) is 0 Å². The van der Waals surface area contributed by atoms with E-state index in [-0.39, 0.29) is 25.0 Å². The van der Waals surface area contributed by atoms with Gasteiger partial charge in [-0.3, -0.25) is 4.79 Å². The highest BCUT2D eigenvalue weighted by atomic mass is 32.2. The van der Waals surface area contributed by atoms with Crippen LogP contribution in [-0.4, -0.2) is 56.9 Å². The van der Waals surface area contributed by atoms with E-state index in [1.807, 2.05) is 42.2 Å². The molecule has 0 aliphatic carbocycles. The number of carbonyl (C=O) groups excluding carboxylic acids is 1. The van der Waals surface area contributed by atoms with Gasteiger partial charge in [-0.15, -0.1) is 11.3 Å². The number of fused-ring (bicyclic) bond motifs is 1. The molecule has 0 radical (unpaired) electrons. The molecule has 0 fully saturated rings. The Balaban J connectivity index is 1.59. The van der Waals surface area contributed by atoms with E-state index < -0.39 is 10.0 Å². The third-order valence-electron chi connectivity index (χ3n) is 6.34. The summed E-state index contributed by atoms with van der Waals surface area (Å²) in [5, 5.41) is 3.25. The Labute approximate surface area is 217 Å². The fraction of sp³-hybridized carbons (Fsp3) is 0.321. The molecule has 190 valence electrons. The van der Waals surface area contributed by atoms with Gasteiger partial charge in [0.05, 0.1) is 12.6 Å². The van der Waals surface area contributed by atoms with Gasteiger partial charge in [-0.1, -0.05) is 60.2 Å². The van der Waals surface area contributed by atoms with Crippen LogP contribution in [0.25, 0.3) is 6.08 Å². The first-order chi connectivity index (χ1) is 17.4. The molecule has 0 N–H and O–H groups in total. The minimum atomic E-state index is -3.82. The maximum Gasteiger partial charge on any atom is 0.238 e. The molecule has 0 spiro atoms. The first-order valence-electron chi connectivity index (χ1n) is 12.0. The number of ether oxygens (including phenoxy) is 1. The Hall–Kier alpha value is -2.78. The number of carbonyl (C=O) groups is 1. The van der Waals surface area contributed by atoms with Gasteiger partial charge in [0.2, 0.25) is 15.9 Å². The highest BCUT2D eigenvalue weighted by Gasteiger charge is 2.34. The van der Waals surface area contributed by atoms with Gasteiger partial charge in [0.25, 0.3) is 0 Å². The monoisotopic (exact) mass is 524 g/mol. The number of methoxy groups -OCH3 is 1. The molecule has 1 atom stereocenters. The molecule has 1 aliphatic rings. The predicted molar refractivity (Wildman–Crippen MR) is 145 cm³/mol. The van der Waals surface area contributed by atoms with Crippen molar-refractivity contribution in [2.24, 2.45) is 0 Å². The molecular weight excluding hydrogens is 492 g/mol. The van der Waals surface area contributed by atoms with Crippen molar-refractivity contribution in [3.63, 3.8) is 0 Å². The third-order valence-corrected chi connectivity index (χ3v) is 8.85. The first kappa shape index (κ1) is 26.3. The van der Waals surface area contributed by atoms with Crippen LogP contribution in [-0.2, 0) is 26.0 Å². The van der Waals surface area contributed by atoms with E-state index in [4.69, 9.17) is 4.74 Å². The lowest BCUT2D eigenvalue weighted by Crippen LogP contribution is -2.46. The van der Waals surface area contributed by atoms with Crippen LogP contribution >= 0.6 is 11.3 Å². The van der Waals surface area contributed by atoms with Gasteiger partial charge in [-0.05, 0) is 54.0 Å². The van der Waals surface area contributed by atoms with Crippen molar-refractivity contribution in [2.75, 3.05) is 33.4 Å². The van der Waals surface area contributed by atoms with Crippen LogP contribution in [0.5, 0.6) is 0 Å². The average Bonchev–Trinajstić information content (AvgIpc) is 3.37. The summed E-state index contributed by atoms with van der Waals surface area (Å²) in [6.07, 6.45) is 2.83. The zero-order chi connectivity index (χ0) is 25.5. The standard InChI is InChI=1S/C28H32N2O4S2/c1-22-9-11-24(12-10-22)28-25-14-19-35-26(25)13-17-30(28)27(31)21-29(16-6-18-34-2)36(32,33)20-15-23-7-4-3-5-8-23/h3-5,7-12,14-15,19-20,28H,6,13,16-18,21H2,1-2H3. The quantitative estimate of drug-likeness (QED) is 0.355. The molecule has 6 nitrogen and oxygen atoms in total. The Bertz CT molecular complexity index is 1280. The lowest BCUT2D eigenvalue weighted by atomic mass is 9.92. The lowest BCUT2D eigenvalue weighted by molar-refractivity contribution is -0.133. The Morgan fingerprint density at radius 2 is 1.89 bits per heavy atom. The normalized spacial score (nSPS) is 16.0. The average molecular weight is 525 g/mol. The second-order valence-corrected chi connectivity index (χ2v) is 11.7. The van der Waals surface area contributed by atoms with Crippen LogP contribution in [0.15, 0.2) is 71.5 Å². The minimum Gasteiger partial charge on any atom is -0.385 e. The summed E-state index contributed by atoms with van der Waals surface area (Å²) >= 11 is 1.71. The van der Waals surface area contributed by atoms with Crippen LogP contribution in [0.1, 0.15) is 39.6 Å². The van der Waals surface area contributed by atoms with Gasteiger partial charge >= 0.3 is 0 Å². The largest absolute Gasteiger partial charge is 0.385 e. The molecule has 1 amide bonds. The number of sulfonamides is 1. The second kappa shape index (κ2) is 12.0. The summed E-state index contributed by atoms with van der Waals surface area (Å²) in [6, 6.07) is 19.3. The minimum absolute atomic E-state index is 0.202. The van der Waals surface area contributed by atoms with Gasteiger partial charge in [-0.2, -0.15) is 4.31 Å². The topological polar surface area (TPSA) is 66.9 Å². The molecule has 0 saturated heterocycles. The van der Waals surface area contributed by atoms with Gasteiger partial charge in [0.1, 0.15) is 0 Å². The van der Waals surface area contributed by atoms with Crippen LogP contribution in [0.3, 0.4) is 0 Å². The molecule has 4 rings (SSSR count). The molecule has 36 heavy (non-hydrogen) atoms. The van der Waals surface area contributed by atoms with E-state index in [0.29, 0.717) is 19.6 Å². The van der Waals surface area contributed by atoms with E-state index in [1.54, 1.807) is 24.5 Å². The van der Waals surface area contributed by atoms with Crippen molar-refractivity contribution >= 4 is 33.3 Å². The van der Waals surface area contributed by atoms with Crippen molar-refractivity contribution < 1.29 is 17.9 Å². The molecule has 1 unspecified atom stereocenters. The molecule has 0 bridgehead atoms. The van der Waals surface area contributed by atoms with E-state index in [2.05, 4.69) is 35.7 Å². The summed E-state index contributed by atoms with van der Waals surface area (Å²) < 4.78 is 33.0. The summed E-state index contributed by atoms with van der Waals surface area (Å²) in [6.45, 7) is 2.99. The summed E-state index contributed by atoms with van der Waals surface area (Å²) in [5.41, 5.74) is 4.09. The Morgan fingerprint density at radius 3 is 2.61 bits per heavy atom. The van der Waals surface area contributed by atoms with Crippen LogP contribution in [0, 0.1) is 6.92 Å². The molecule has 2 aromatic carbocycles. The van der Waals surface area contributed by atoms with Gasteiger partial charge in [0, 0.05) is 37.1 Å². The van der Waals surface area contributed by atoms with Crippen molar-refractivity contribution in [1.29, 1.82) is 0 Å². The molecule has 8 heteroatoms. The van der Waals surface area contributed by atoms with E-state index in [0.717, 1.165) is 28.7 Å². The highest BCUT2D eigenvalue weighted by molar-refractivity contribution is 7.92. The molecule has 2 heterocycles. The zero-order valence-electron chi connectivity index (χ0n) is 20.7. The molecule has 0 saturated carbocycles. The first-order valence-corrected chi connectivity index (χ1v) is 14.4.